The number of aryl methyl sites for hydroxylation is 1. The Morgan fingerprint density at radius 3 is 2.58 bits per heavy atom. The van der Waals surface area contributed by atoms with E-state index in [-0.39, 0.29) is 18.4 Å². The first-order chi connectivity index (χ1) is 16.1. The molecular weight excluding hydrogens is 412 g/mol. The summed E-state index contributed by atoms with van der Waals surface area (Å²) in [4.78, 5) is 20.1. The van der Waals surface area contributed by atoms with Gasteiger partial charge in [-0.1, -0.05) is 48.5 Å². The number of para-hydroxylation sites is 1. The van der Waals surface area contributed by atoms with Crippen LogP contribution in [0.2, 0.25) is 0 Å². The SMILES string of the molecule is NC(=O)Cc1cccc(O[C@H]2CCc3cc(-c4cnc(Nc5ccccc5)nc4)ccc32)c1. The third-order valence-electron chi connectivity index (χ3n) is 5.74. The number of amides is 1. The molecular formula is C27H24N4O2. The van der Waals surface area contributed by atoms with Crippen LogP contribution >= 0.6 is 0 Å². The van der Waals surface area contributed by atoms with Gasteiger partial charge in [-0.15, -0.1) is 0 Å². The van der Waals surface area contributed by atoms with E-state index in [2.05, 4.69) is 33.5 Å². The molecule has 0 aliphatic heterocycles. The highest BCUT2D eigenvalue weighted by Gasteiger charge is 2.24. The van der Waals surface area contributed by atoms with Gasteiger partial charge in [0.05, 0.1) is 6.42 Å². The van der Waals surface area contributed by atoms with Gasteiger partial charge in [0.1, 0.15) is 11.9 Å². The van der Waals surface area contributed by atoms with E-state index in [9.17, 15) is 4.79 Å². The van der Waals surface area contributed by atoms with E-state index in [0.29, 0.717) is 5.95 Å². The lowest BCUT2D eigenvalue weighted by Crippen LogP contribution is -2.13. The van der Waals surface area contributed by atoms with Crippen LogP contribution in [0.5, 0.6) is 5.75 Å². The van der Waals surface area contributed by atoms with Crippen LogP contribution < -0.4 is 15.8 Å². The molecule has 5 rings (SSSR count). The highest BCUT2D eigenvalue weighted by Crippen LogP contribution is 2.37. The molecule has 0 unspecified atom stereocenters. The van der Waals surface area contributed by atoms with E-state index in [1.54, 1.807) is 0 Å². The lowest BCUT2D eigenvalue weighted by Gasteiger charge is -2.16. The topological polar surface area (TPSA) is 90.1 Å². The van der Waals surface area contributed by atoms with Gasteiger partial charge in [0.25, 0.3) is 0 Å². The Hall–Kier alpha value is -4.19. The molecule has 6 nitrogen and oxygen atoms in total. The highest BCUT2D eigenvalue weighted by molar-refractivity contribution is 5.76. The van der Waals surface area contributed by atoms with Crippen LogP contribution in [-0.4, -0.2) is 15.9 Å². The molecule has 164 valence electrons. The second-order valence-corrected chi connectivity index (χ2v) is 8.14. The van der Waals surface area contributed by atoms with Gasteiger partial charge in [-0.25, -0.2) is 9.97 Å². The van der Waals surface area contributed by atoms with E-state index in [1.807, 2.05) is 67.0 Å². The summed E-state index contributed by atoms with van der Waals surface area (Å²) in [5.41, 5.74) is 11.7. The summed E-state index contributed by atoms with van der Waals surface area (Å²) >= 11 is 0. The van der Waals surface area contributed by atoms with E-state index in [0.717, 1.165) is 41.0 Å². The second-order valence-electron chi connectivity index (χ2n) is 8.14. The molecule has 0 radical (unpaired) electrons. The fourth-order valence-corrected chi connectivity index (χ4v) is 4.17. The molecule has 1 amide bonds. The van der Waals surface area contributed by atoms with Gasteiger partial charge >= 0.3 is 0 Å². The van der Waals surface area contributed by atoms with Gasteiger partial charge in [0.15, 0.2) is 0 Å². The third-order valence-corrected chi connectivity index (χ3v) is 5.74. The number of nitrogens with zero attached hydrogens (tertiary/aromatic N) is 2. The first-order valence-corrected chi connectivity index (χ1v) is 11.0. The molecule has 1 aliphatic carbocycles. The van der Waals surface area contributed by atoms with Crippen molar-refractivity contribution in [2.24, 2.45) is 5.73 Å². The maximum Gasteiger partial charge on any atom is 0.227 e. The fraction of sp³-hybridized carbons (Fsp3) is 0.148. The summed E-state index contributed by atoms with van der Waals surface area (Å²) in [6, 6.07) is 23.9. The molecule has 0 spiro atoms. The van der Waals surface area contributed by atoms with E-state index < -0.39 is 0 Å². The minimum absolute atomic E-state index is 0.00780. The number of nitrogens with one attached hydrogen (secondary N) is 1. The van der Waals surface area contributed by atoms with Gasteiger partial charge in [-0.05, 0) is 59.4 Å². The van der Waals surface area contributed by atoms with Gasteiger partial charge in [0.2, 0.25) is 11.9 Å². The Labute approximate surface area is 192 Å². The summed E-state index contributed by atoms with van der Waals surface area (Å²) in [5.74, 6) is 0.975. The Morgan fingerprint density at radius 2 is 1.79 bits per heavy atom. The van der Waals surface area contributed by atoms with E-state index in [4.69, 9.17) is 10.5 Å². The van der Waals surface area contributed by atoms with Crippen molar-refractivity contribution >= 4 is 17.5 Å². The molecule has 0 bridgehead atoms. The third kappa shape index (κ3) is 4.85. The molecule has 0 saturated carbocycles. The highest BCUT2D eigenvalue weighted by atomic mass is 16.5. The van der Waals surface area contributed by atoms with Crippen LogP contribution in [0.25, 0.3) is 11.1 Å². The number of hydrogen-bond donors (Lipinski definition) is 2. The molecule has 33 heavy (non-hydrogen) atoms. The Morgan fingerprint density at radius 1 is 0.970 bits per heavy atom. The monoisotopic (exact) mass is 436 g/mol. The zero-order chi connectivity index (χ0) is 22.6. The number of benzene rings is 3. The predicted molar refractivity (Wildman–Crippen MR) is 128 cm³/mol. The van der Waals surface area contributed by atoms with E-state index in [1.165, 1.54) is 11.1 Å². The maximum atomic E-state index is 11.2. The van der Waals surface area contributed by atoms with Crippen LogP contribution in [0, 0.1) is 0 Å². The van der Waals surface area contributed by atoms with E-state index >= 15 is 0 Å². The number of fused-ring (bicyclic) bond motifs is 1. The molecule has 1 atom stereocenters. The van der Waals surface area contributed by atoms with Crippen molar-refractivity contribution in [2.45, 2.75) is 25.4 Å². The molecule has 1 aliphatic rings. The van der Waals surface area contributed by atoms with Crippen molar-refractivity contribution < 1.29 is 9.53 Å². The standard InChI is InChI=1S/C27H24N4O2/c28-26(32)14-18-5-4-8-23(13-18)33-25-12-10-20-15-19(9-11-24(20)25)21-16-29-27(30-17-21)31-22-6-2-1-3-7-22/h1-9,11,13,15-17,25H,10,12,14H2,(H2,28,32)(H,29,30,31)/t25-/m0/s1. The van der Waals surface area contributed by atoms with Crippen molar-refractivity contribution in [3.63, 3.8) is 0 Å². The molecule has 0 saturated heterocycles. The minimum atomic E-state index is -0.348. The number of primary amides is 1. The number of hydrogen-bond acceptors (Lipinski definition) is 5. The lowest BCUT2D eigenvalue weighted by molar-refractivity contribution is -0.117. The van der Waals surface area contributed by atoms with Gasteiger partial charge in [-0.3, -0.25) is 4.79 Å². The van der Waals surface area contributed by atoms with Crippen LogP contribution in [0.4, 0.5) is 11.6 Å². The summed E-state index contributed by atoms with van der Waals surface area (Å²) in [7, 11) is 0. The smallest absolute Gasteiger partial charge is 0.227 e. The molecule has 0 fully saturated rings. The Kier molecular flexibility index (Phi) is 5.72. The summed E-state index contributed by atoms with van der Waals surface area (Å²) in [6.45, 7) is 0. The first-order valence-electron chi connectivity index (χ1n) is 11.0. The van der Waals surface area contributed by atoms with Gasteiger partial charge in [-0.2, -0.15) is 0 Å². The van der Waals surface area contributed by atoms with Gasteiger partial charge in [0, 0.05) is 23.6 Å². The van der Waals surface area contributed by atoms with Crippen molar-refractivity contribution in [2.75, 3.05) is 5.32 Å². The number of carbonyl (C=O) groups is 1. The van der Waals surface area contributed by atoms with Crippen LogP contribution in [0.1, 0.15) is 29.2 Å². The second kappa shape index (κ2) is 9.12. The van der Waals surface area contributed by atoms with Gasteiger partial charge < -0.3 is 15.8 Å². The van der Waals surface area contributed by atoms with Crippen LogP contribution in [-0.2, 0) is 17.6 Å². The van der Waals surface area contributed by atoms with Crippen molar-refractivity contribution in [1.82, 2.24) is 9.97 Å². The van der Waals surface area contributed by atoms with Crippen molar-refractivity contribution in [3.8, 4) is 16.9 Å². The zero-order valence-corrected chi connectivity index (χ0v) is 18.1. The molecule has 1 heterocycles. The number of anilines is 2. The molecule has 1 aromatic heterocycles. The molecule has 3 aromatic carbocycles. The molecule has 6 heteroatoms. The number of carbonyl (C=O) groups excluding carboxylic acids is 1. The fourth-order valence-electron chi connectivity index (χ4n) is 4.17. The zero-order valence-electron chi connectivity index (χ0n) is 18.1. The predicted octanol–water partition coefficient (Wildman–Crippen LogP) is 4.98. The summed E-state index contributed by atoms with van der Waals surface area (Å²) in [5, 5.41) is 3.20. The number of rotatable bonds is 7. The van der Waals surface area contributed by atoms with Crippen molar-refractivity contribution in [1.29, 1.82) is 0 Å². The largest absolute Gasteiger partial charge is 0.486 e. The normalized spacial score (nSPS) is 14.5. The Balaban J connectivity index is 1.29. The van der Waals surface area contributed by atoms with Crippen LogP contribution in [0.3, 0.4) is 0 Å². The maximum absolute atomic E-state index is 11.2. The van der Waals surface area contributed by atoms with Crippen molar-refractivity contribution in [3.05, 3.63) is 102 Å². The number of nitrogens with two attached hydrogens (primary N) is 1. The quantitative estimate of drug-likeness (QED) is 0.426. The Bertz CT molecular complexity index is 1270. The lowest BCUT2D eigenvalue weighted by atomic mass is 10.0. The average molecular weight is 437 g/mol. The minimum Gasteiger partial charge on any atom is -0.486 e. The molecule has 3 N–H and O–H groups in total. The number of ether oxygens (including phenoxy) is 1. The summed E-state index contributed by atoms with van der Waals surface area (Å²) < 4.78 is 6.26. The van der Waals surface area contributed by atoms with Crippen LogP contribution in [0.15, 0.2) is 85.2 Å². The molecule has 4 aromatic rings. The first kappa shape index (κ1) is 20.7. The average Bonchev–Trinajstić information content (AvgIpc) is 3.22. The summed E-state index contributed by atoms with van der Waals surface area (Å²) in [6.07, 6.45) is 5.74. The number of aromatic nitrogens is 2.